The number of piperidine rings is 1. The molecule has 1 fully saturated rings. The van der Waals surface area contributed by atoms with E-state index in [0.717, 1.165) is 5.69 Å². The van der Waals surface area contributed by atoms with Gasteiger partial charge in [0.1, 0.15) is 0 Å². The van der Waals surface area contributed by atoms with Crippen molar-refractivity contribution in [2.45, 2.75) is 38.6 Å². The molecule has 2 heteroatoms. The SMILES string of the molecule is CC(C)N1CCCC(c2ccc(N)cc2)C1. The van der Waals surface area contributed by atoms with Crippen molar-refractivity contribution in [2.24, 2.45) is 0 Å². The third kappa shape index (κ3) is 2.56. The molecule has 1 saturated heterocycles. The molecule has 1 aromatic rings. The molecular formula is C14H22N2. The van der Waals surface area contributed by atoms with Crippen molar-refractivity contribution < 1.29 is 0 Å². The second-order valence-electron chi connectivity index (χ2n) is 5.09. The van der Waals surface area contributed by atoms with Crippen LogP contribution >= 0.6 is 0 Å². The maximum absolute atomic E-state index is 5.72. The van der Waals surface area contributed by atoms with Crippen molar-refractivity contribution in [3.8, 4) is 0 Å². The molecule has 1 aromatic carbocycles. The molecule has 0 aliphatic carbocycles. The first kappa shape index (κ1) is 11.5. The zero-order valence-electron chi connectivity index (χ0n) is 10.3. The summed E-state index contributed by atoms with van der Waals surface area (Å²) in [7, 11) is 0. The van der Waals surface area contributed by atoms with E-state index in [1.807, 2.05) is 12.1 Å². The van der Waals surface area contributed by atoms with Crippen molar-refractivity contribution in [2.75, 3.05) is 18.8 Å². The summed E-state index contributed by atoms with van der Waals surface area (Å²) in [5.74, 6) is 0.691. The van der Waals surface area contributed by atoms with Gasteiger partial charge in [-0.15, -0.1) is 0 Å². The fraction of sp³-hybridized carbons (Fsp3) is 0.571. The number of nitrogens with zero attached hydrogens (tertiary/aromatic N) is 1. The number of anilines is 1. The molecule has 0 spiro atoms. The van der Waals surface area contributed by atoms with Crippen LogP contribution in [0, 0.1) is 0 Å². The van der Waals surface area contributed by atoms with Crippen LogP contribution in [0.4, 0.5) is 5.69 Å². The summed E-state index contributed by atoms with van der Waals surface area (Å²) >= 11 is 0. The predicted octanol–water partition coefficient (Wildman–Crippen LogP) is 2.86. The lowest BCUT2D eigenvalue weighted by Crippen LogP contribution is -2.39. The van der Waals surface area contributed by atoms with E-state index >= 15 is 0 Å². The maximum atomic E-state index is 5.72. The lowest BCUT2D eigenvalue weighted by Gasteiger charge is -2.35. The zero-order valence-corrected chi connectivity index (χ0v) is 10.3. The number of benzene rings is 1. The van der Waals surface area contributed by atoms with Crippen LogP contribution in [0.25, 0.3) is 0 Å². The number of hydrogen-bond acceptors (Lipinski definition) is 2. The molecule has 16 heavy (non-hydrogen) atoms. The summed E-state index contributed by atoms with van der Waals surface area (Å²) in [6, 6.07) is 9.07. The van der Waals surface area contributed by atoms with Crippen molar-refractivity contribution >= 4 is 5.69 Å². The summed E-state index contributed by atoms with van der Waals surface area (Å²) < 4.78 is 0. The smallest absolute Gasteiger partial charge is 0.0314 e. The van der Waals surface area contributed by atoms with Crippen LogP contribution < -0.4 is 5.73 Å². The molecule has 1 aliphatic heterocycles. The van der Waals surface area contributed by atoms with Crippen molar-refractivity contribution in [1.82, 2.24) is 4.90 Å². The minimum absolute atomic E-state index is 0.664. The second kappa shape index (κ2) is 4.88. The molecule has 2 rings (SSSR count). The van der Waals surface area contributed by atoms with Gasteiger partial charge in [-0.05, 0) is 56.8 Å². The van der Waals surface area contributed by atoms with Gasteiger partial charge in [0, 0.05) is 18.3 Å². The molecule has 1 aliphatic rings. The Kier molecular flexibility index (Phi) is 3.49. The van der Waals surface area contributed by atoms with Crippen molar-refractivity contribution in [3.05, 3.63) is 29.8 Å². The van der Waals surface area contributed by atoms with Gasteiger partial charge in [0.2, 0.25) is 0 Å². The van der Waals surface area contributed by atoms with E-state index in [1.165, 1.54) is 31.5 Å². The van der Waals surface area contributed by atoms with Gasteiger partial charge in [0.25, 0.3) is 0 Å². The van der Waals surface area contributed by atoms with E-state index in [9.17, 15) is 0 Å². The van der Waals surface area contributed by atoms with Crippen LogP contribution in [0.15, 0.2) is 24.3 Å². The standard InChI is InChI=1S/C14H22N2/c1-11(2)16-9-3-4-13(10-16)12-5-7-14(15)8-6-12/h5-8,11,13H,3-4,9-10,15H2,1-2H3. The Morgan fingerprint density at radius 1 is 1.25 bits per heavy atom. The number of nitrogens with two attached hydrogens (primary N) is 1. The number of likely N-dealkylation sites (tertiary alicyclic amines) is 1. The first-order valence-corrected chi connectivity index (χ1v) is 6.26. The molecule has 1 unspecified atom stereocenters. The van der Waals surface area contributed by atoms with Gasteiger partial charge in [-0.3, -0.25) is 0 Å². The summed E-state index contributed by atoms with van der Waals surface area (Å²) in [6.07, 6.45) is 2.63. The molecule has 88 valence electrons. The topological polar surface area (TPSA) is 29.3 Å². The molecule has 1 atom stereocenters. The lowest BCUT2D eigenvalue weighted by molar-refractivity contribution is 0.167. The molecule has 1 heterocycles. The van der Waals surface area contributed by atoms with Gasteiger partial charge in [-0.2, -0.15) is 0 Å². The monoisotopic (exact) mass is 218 g/mol. The third-order valence-electron chi connectivity index (χ3n) is 3.59. The molecule has 0 saturated carbocycles. The largest absolute Gasteiger partial charge is 0.399 e. The lowest BCUT2D eigenvalue weighted by atomic mass is 9.90. The van der Waals surface area contributed by atoms with Crippen LogP contribution in [0.3, 0.4) is 0 Å². The Bertz CT molecular complexity index is 329. The average molecular weight is 218 g/mol. The number of nitrogen functional groups attached to an aromatic ring is 1. The van der Waals surface area contributed by atoms with Crippen molar-refractivity contribution in [3.63, 3.8) is 0 Å². The van der Waals surface area contributed by atoms with Crippen LogP contribution in [0.1, 0.15) is 38.2 Å². The van der Waals surface area contributed by atoms with Crippen LogP contribution in [0.2, 0.25) is 0 Å². The van der Waals surface area contributed by atoms with Crippen LogP contribution in [-0.4, -0.2) is 24.0 Å². The van der Waals surface area contributed by atoms with Gasteiger partial charge < -0.3 is 10.6 Å². The van der Waals surface area contributed by atoms with Gasteiger partial charge in [0.05, 0.1) is 0 Å². The Balaban J connectivity index is 2.06. The third-order valence-corrected chi connectivity index (χ3v) is 3.59. The highest BCUT2D eigenvalue weighted by atomic mass is 15.2. The Hall–Kier alpha value is -1.02. The van der Waals surface area contributed by atoms with E-state index in [0.29, 0.717) is 12.0 Å². The maximum Gasteiger partial charge on any atom is 0.0314 e. The normalized spacial score (nSPS) is 22.6. The number of rotatable bonds is 2. The van der Waals surface area contributed by atoms with E-state index in [2.05, 4.69) is 30.9 Å². The van der Waals surface area contributed by atoms with Gasteiger partial charge >= 0.3 is 0 Å². The zero-order chi connectivity index (χ0) is 11.5. The van der Waals surface area contributed by atoms with E-state index in [4.69, 9.17) is 5.73 Å². The molecule has 2 nitrogen and oxygen atoms in total. The minimum Gasteiger partial charge on any atom is -0.399 e. The summed E-state index contributed by atoms with van der Waals surface area (Å²) in [5.41, 5.74) is 8.03. The average Bonchev–Trinajstić information content (AvgIpc) is 2.30. The Morgan fingerprint density at radius 3 is 2.56 bits per heavy atom. The van der Waals surface area contributed by atoms with Gasteiger partial charge in [-0.1, -0.05) is 12.1 Å². The minimum atomic E-state index is 0.664. The van der Waals surface area contributed by atoms with E-state index < -0.39 is 0 Å². The quantitative estimate of drug-likeness (QED) is 0.773. The molecule has 0 aromatic heterocycles. The fourth-order valence-electron chi connectivity index (χ4n) is 2.52. The second-order valence-corrected chi connectivity index (χ2v) is 5.09. The highest BCUT2D eigenvalue weighted by Gasteiger charge is 2.22. The predicted molar refractivity (Wildman–Crippen MR) is 69.5 cm³/mol. The van der Waals surface area contributed by atoms with Crippen LogP contribution in [-0.2, 0) is 0 Å². The fourth-order valence-corrected chi connectivity index (χ4v) is 2.52. The first-order valence-electron chi connectivity index (χ1n) is 6.26. The summed E-state index contributed by atoms with van der Waals surface area (Å²) in [6.45, 7) is 7.02. The highest BCUT2D eigenvalue weighted by Crippen LogP contribution is 2.28. The van der Waals surface area contributed by atoms with Crippen molar-refractivity contribution in [1.29, 1.82) is 0 Å². The Labute approximate surface area is 98.4 Å². The number of hydrogen-bond donors (Lipinski definition) is 1. The van der Waals surface area contributed by atoms with Crippen LogP contribution in [0.5, 0.6) is 0 Å². The molecule has 0 bridgehead atoms. The molecule has 0 amide bonds. The Morgan fingerprint density at radius 2 is 1.94 bits per heavy atom. The summed E-state index contributed by atoms with van der Waals surface area (Å²) in [5, 5.41) is 0. The highest BCUT2D eigenvalue weighted by molar-refractivity contribution is 5.40. The van der Waals surface area contributed by atoms with Gasteiger partial charge in [-0.25, -0.2) is 0 Å². The first-order chi connectivity index (χ1) is 7.66. The molecular weight excluding hydrogens is 196 g/mol. The van der Waals surface area contributed by atoms with E-state index in [1.54, 1.807) is 0 Å². The summed E-state index contributed by atoms with van der Waals surface area (Å²) in [4.78, 5) is 2.57. The molecule has 2 N–H and O–H groups in total. The van der Waals surface area contributed by atoms with Gasteiger partial charge in [0.15, 0.2) is 0 Å². The molecule has 0 radical (unpaired) electrons. The van der Waals surface area contributed by atoms with E-state index in [-0.39, 0.29) is 0 Å².